The molecule has 4 aromatic rings. The van der Waals surface area contributed by atoms with E-state index in [-0.39, 0.29) is 22.6 Å². The molecule has 7 heteroatoms. The Bertz CT molecular complexity index is 1300. The molecule has 0 saturated heterocycles. The van der Waals surface area contributed by atoms with Crippen LogP contribution in [0.2, 0.25) is 5.02 Å². The molecule has 0 bridgehead atoms. The van der Waals surface area contributed by atoms with E-state index in [1.54, 1.807) is 49.6 Å². The summed E-state index contributed by atoms with van der Waals surface area (Å²) in [6.07, 6.45) is 1.39. The van der Waals surface area contributed by atoms with Gasteiger partial charge in [0.25, 0.3) is 0 Å². The lowest BCUT2D eigenvalue weighted by molar-refractivity contribution is 0.300. The summed E-state index contributed by atoms with van der Waals surface area (Å²) in [6, 6.07) is 14.5. The first kappa shape index (κ1) is 20.8. The fourth-order valence-electron chi connectivity index (χ4n) is 3.23. The van der Waals surface area contributed by atoms with Gasteiger partial charge in [0.15, 0.2) is 16.9 Å². The van der Waals surface area contributed by atoms with Gasteiger partial charge in [0, 0.05) is 11.6 Å². The van der Waals surface area contributed by atoms with E-state index in [1.165, 1.54) is 25.5 Å². The quantitative estimate of drug-likeness (QED) is 0.376. The molecule has 1 heterocycles. The Labute approximate surface area is 182 Å². The summed E-state index contributed by atoms with van der Waals surface area (Å²) in [7, 11) is 3.07. The van der Waals surface area contributed by atoms with E-state index < -0.39 is 5.82 Å². The van der Waals surface area contributed by atoms with Gasteiger partial charge in [0.05, 0.1) is 30.2 Å². The zero-order valence-corrected chi connectivity index (χ0v) is 17.5. The van der Waals surface area contributed by atoms with Gasteiger partial charge >= 0.3 is 0 Å². The Morgan fingerprint density at radius 2 is 1.81 bits per heavy atom. The third kappa shape index (κ3) is 4.07. The Morgan fingerprint density at radius 1 is 1.00 bits per heavy atom. The molecular formula is C24H18ClFO5. The van der Waals surface area contributed by atoms with E-state index in [2.05, 4.69) is 0 Å². The minimum Gasteiger partial charge on any atom is -0.493 e. The van der Waals surface area contributed by atoms with Crippen molar-refractivity contribution >= 4 is 22.6 Å². The Balaban J connectivity index is 1.65. The van der Waals surface area contributed by atoms with Crippen LogP contribution in [0.4, 0.5) is 4.39 Å². The molecule has 0 spiro atoms. The molecule has 0 amide bonds. The average molecular weight is 441 g/mol. The van der Waals surface area contributed by atoms with Crippen LogP contribution in [-0.2, 0) is 6.61 Å². The van der Waals surface area contributed by atoms with Gasteiger partial charge in [-0.05, 0) is 42.0 Å². The second kappa shape index (κ2) is 8.70. The lowest BCUT2D eigenvalue weighted by Crippen LogP contribution is -2.05. The number of halogens is 2. The van der Waals surface area contributed by atoms with E-state index in [1.807, 2.05) is 0 Å². The highest BCUT2D eigenvalue weighted by Crippen LogP contribution is 2.32. The molecule has 5 nitrogen and oxygen atoms in total. The first-order valence-electron chi connectivity index (χ1n) is 9.35. The molecule has 0 saturated carbocycles. The molecular weight excluding hydrogens is 423 g/mol. The van der Waals surface area contributed by atoms with Gasteiger partial charge < -0.3 is 18.6 Å². The summed E-state index contributed by atoms with van der Waals surface area (Å²) in [4.78, 5) is 13.0. The van der Waals surface area contributed by atoms with Gasteiger partial charge in [-0.2, -0.15) is 0 Å². The normalized spacial score (nSPS) is 10.8. The van der Waals surface area contributed by atoms with Crippen LogP contribution in [0.3, 0.4) is 0 Å². The first-order valence-corrected chi connectivity index (χ1v) is 9.73. The molecule has 0 fully saturated rings. The zero-order chi connectivity index (χ0) is 22.0. The summed E-state index contributed by atoms with van der Waals surface area (Å²) in [5.41, 5.74) is 1.45. The second-order valence-electron chi connectivity index (χ2n) is 6.70. The van der Waals surface area contributed by atoms with Crippen molar-refractivity contribution in [2.45, 2.75) is 6.61 Å². The standard InChI is InChI=1S/C24H18ClFO5/c1-28-21-9-6-14(10-23(21)29-2)17-12-31-22-11-15(7-8-16(22)24(17)27)30-13-18-19(25)4-3-5-20(18)26/h3-12H,13H2,1-2H3. The summed E-state index contributed by atoms with van der Waals surface area (Å²) >= 11 is 6.03. The molecule has 4 rings (SSSR count). The van der Waals surface area contributed by atoms with Crippen LogP contribution >= 0.6 is 11.6 Å². The molecule has 31 heavy (non-hydrogen) atoms. The summed E-state index contributed by atoms with van der Waals surface area (Å²) in [5, 5.41) is 0.676. The number of benzene rings is 3. The largest absolute Gasteiger partial charge is 0.493 e. The number of hydrogen-bond donors (Lipinski definition) is 0. The van der Waals surface area contributed by atoms with Crippen LogP contribution in [0.1, 0.15) is 5.56 Å². The van der Waals surface area contributed by atoms with Crippen molar-refractivity contribution in [3.63, 3.8) is 0 Å². The number of methoxy groups -OCH3 is 2. The van der Waals surface area contributed by atoms with Gasteiger partial charge in [0.2, 0.25) is 0 Å². The van der Waals surface area contributed by atoms with Crippen LogP contribution < -0.4 is 19.6 Å². The second-order valence-corrected chi connectivity index (χ2v) is 7.10. The van der Waals surface area contributed by atoms with Crippen molar-refractivity contribution < 1.29 is 23.0 Å². The van der Waals surface area contributed by atoms with Gasteiger partial charge in [-0.1, -0.05) is 23.7 Å². The van der Waals surface area contributed by atoms with Crippen molar-refractivity contribution in [3.8, 4) is 28.4 Å². The van der Waals surface area contributed by atoms with Gasteiger partial charge in [-0.15, -0.1) is 0 Å². The van der Waals surface area contributed by atoms with Crippen LogP contribution in [0.15, 0.2) is 70.1 Å². The fourth-order valence-corrected chi connectivity index (χ4v) is 3.44. The van der Waals surface area contributed by atoms with E-state index in [0.29, 0.717) is 39.3 Å². The molecule has 0 aliphatic carbocycles. The number of ether oxygens (including phenoxy) is 3. The predicted molar refractivity (Wildman–Crippen MR) is 117 cm³/mol. The van der Waals surface area contributed by atoms with E-state index in [4.69, 9.17) is 30.2 Å². The molecule has 1 aromatic heterocycles. The lowest BCUT2D eigenvalue weighted by atomic mass is 10.0. The van der Waals surface area contributed by atoms with Crippen molar-refractivity contribution in [1.29, 1.82) is 0 Å². The smallest absolute Gasteiger partial charge is 0.200 e. The topological polar surface area (TPSA) is 57.9 Å². The highest BCUT2D eigenvalue weighted by Gasteiger charge is 2.14. The number of rotatable bonds is 6. The van der Waals surface area contributed by atoms with Crippen molar-refractivity contribution in [2.75, 3.05) is 14.2 Å². The first-order chi connectivity index (χ1) is 15.0. The van der Waals surface area contributed by atoms with Crippen molar-refractivity contribution in [2.24, 2.45) is 0 Å². The zero-order valence-electron chi connectivity index (χ0n) is 16.8. The molecule has 0 aliphatic heterocycles. The summed E-state index contributed by atoms with van der Waals surface area (Å²) in [6.45, 7) is -0.0506. The highest BCUT2D eigenvalue weighted by molar-refractivity contribution is 6.31. The van der Waals surface area contributed by atoms with E-state index in [0.717, 1.165) is 0 Å². The lowest BCUT2D eigenvalue weighted by Gasteiger charge is -2.11. The van der Waals surface area contributed by atoms with Crippen LogP contribution in [0.25, 0.3) is 22.1 Å². The Kier molecular flexibility index (Phi) is 5.82. The van der Waals surface area contributed by atoms with Crippen LogP contribution in [-0.4, -0.2) is 14.2 Å². The van der Waals surface area contributed by atoms with Gasteiger partial charge in [0.1, 0.15) is 30.0 Å². The van der Waals surface area contributed by atoms with Gasteiger partial charge in [-0.25, -0.2) is 4.39 Å². The monoisotopic (exact) mass is 440 g/mol. The Morgan fingerprint density at radius 3 is 2.55 bits per heavy atom. The molecule has 3 aromatic carbocycles. The van der Waals surface area contributed by atoms with Crippen molar-refractivity contribution in [3.05, 3.63) is 87.5 Å². The van der Waals surface area contributed by atoms with Crippen molar-refractivity contribution in [1.82, 2.24) is 0 Å². The molecule has 0 unspecified atom stereocenters. The highest BCUT2D eigenvalue weighted by atomic mass is 35.5. The third-order valence-electron chi connectivity index (χ3n) is 4.89. The van der Waals surface area contributed by atoms with Crippen LogP contribution in [0.5, 0.6) is 17.2 Å². The maximum Gasteiger partial charge on any atom is 0.200 e. The SMILES string of the molecule is COc1ccc(-c2coc3cc(OCc4c(F)cccc4Cl)ccc3c2=O)cc1OC. The molecule has 0 radical (unpaired) electrons. The van der Waals surface area contributed by atoms with Gasteiger partial charge in [-0.3, -0.25) is 4.79 Å². The minimum absolute atomic E-state index is 0.0506. The number of hydrogen-bond acceptors (Lipinski definition) is 5. The van der Waals surface area contributed by atoms with E-state index >= 15 is 0 Å². The minimum atomic E-state index is -0.445. The molecule has 0 aliphatic rings. The molecule has 0 atom stereocenters. The van der Waals surface area contributed by atoms with E-state index in [9.17, 15) is 9.18 Å². The fraction of sp³-hybridized carbons (Fsp3) is 0.125. The molecule has 158 valence electrons. The maximum atomic E-state index is 13.9. The third-order valence-corrected chi connectivity index (χ3v) is 5.24. The maximum absolute atomic E-state index is 13.9. The predicted octanol–water partition coefficient (Wildman–Crippen LogP) is 5.85. The average Bonchev–Trinajstić information content (AvgIpc) is 2.78. The summed E-state index contributed by atoms with van der Waals surface area (Å²) in [5.74, 6) is 1.05. The van der Waals surface area contributed by atoms with Crippen LogP contribution in [0, 0.1) is 5.82 Å². The molecule has 0 N–H and O–H groups in total. The summed E-state index contributed by atoms with van der Waals surface area (Å²) < 4.78 is 35.8. The Hall–Kier alpha value is -3.51. The number of fused-ring (bicyclic) bond motifs is 1.